The summed E-state index contributed by atoms with van der Waals surface area (Å²) in [4.78, 5) is 11.5. The van der Waals surface area contributed by atoms with Crippen LogP contribution in [0.5, 0.6) is 0 Å². The first-order chi connectivity index (χ1) is 7.02. The number of hydrogen-bond donors (Lipinski definition) is 2. The van der Waals surface area contributed by atoms with Crippen LogP contribution >= 0.6 is 0 Å². The molecule has 0 saturated heterocycles. The van der Waals surface area contributed by atoms with Gasteiger partial charge in [-0.2, -0.15) is 0 Å². The van der Waals surface area contributed by atoms with Crippen molar-refractivity contribution < 1.29 is 9.00 Å². The topological polar surface area (TPSA) is 72.2 Å². The molecule has 0 aliphatic rings. The minimum atomic E-state index is -0.825. The lowest BCUT2D eigenvalue weighted by Gasteiger charge is -2.17. The molecule has 5 heteroatoms. The third-order valence-electron chi connectivity index (χ3n) is 2.51. The third kappa shape index (κ3) is 5.89. The Labute approximate surface area is 94.4 Å². The molecule has 90 valence electrons. The molecule has 0 radical (unpaired) electrons. The van der Waals surface area contributed by atoms with E-state index in [2.05, 4.69) is 5.32 Å². The Kier molecular flexibility index (Phi) is 7.60. The van der Waals surface area contributed by atoms with Gasteiger partial charge in [0.15, 0.2) is 0 Å². The second-order valence-electron chi connectivity index (χ2n) is 3.63. The molecule has 0 rings (SSSR count). The van der Waals surface area contributed by atoms with Gasteiger partial charge in [-0.3, -0.25) is 9.00 Å². The van der Waals surface area contributed by atoms with Crippen LogP contribution in [0.4, 0.5) is 0 Å². The van der Waals surface area contributed by atoms with Crippen LogP contribution in [0.2, 0.25) is 0 Å². The highest BCUT2D eigenvalue weighted by Gasteiger charge is 2.18. The van der Waals surface area contributed by atoms with Gasteiger partial charge in [-0.1, -0.05) is 27.2 Å². The highest BCUT2D eigenvalue weighted by atomic mass is 32.2. The van der Waals surface area contributed by atoms with Crippen LogP contribution in [0, 0.1) is 5.92 Å². The zero-order valence-corrected chi connectivity index (χ0v) is 10.6. The average molecular weight is 234 g/mol. The van der Waals surface area contributed by atoms with E-state index in [0.717, 1.165) is 6.42 Å². The van der Waals surface area contributed by atoms with Crippen LogP contribution in [0.25, 0.3) is 0 Å². The van der Waals surface area contributed by atoms with E-state index in [-0.39, 0.29) is 11.8 Å². The Balaban J connectivity index is 3.78. The molecule has 3 N–H and O–H groups in total. The van der Waals surface area contributed by atoms with Crippen molar-refractivity contribution in [2.24, 2.45) is 11.7 Å². The summed E-state index contributed by atoms with van der Waals surface area (Å²) in [6, 6.07) is -0.454. The molecule has 0 aromatic rings. The average Bonchev–Trinajstić information content (AvgIpc) is 2.26. The highest BCUT2D eigenvalue weighted by Crippen LogP contribution is 2.04. The molecule has 3 unspecified atom stereocenters. The van der Waals surface area contributed by atoms with Gasteiger partial charge in [0.1, 0.15) is 0 Å². The maximum absolute atomic E-state index is 11.5. The quantitative estimate of drug-likeness (QED) is 0.663. The second-order valence-corrected chi connectivity index (χ2v) is 5.50. The molecule has 0 saturated carbocycles. The van der Waals surface area contributed by atoms with Crippen LogP contribution in [-0.4, -0.2) is 34.2 Å². The lowest BCUT2D eigenvalue weighted by atomic mass is 9.99. The van der Waals surface area contributed by atoms with Gasteiger partial charge >= 0.3 is 0 Å². The van der Waals surface area contributed by atoms with Crippen molar-refractivity contribution in [3.8, 4) is 0 Å². The Morgan fingerprint density at radius 3 is 2.53 bits per heavy atom. The van der Waals surface area contributed by atoms with Crippen molar-refractivity contribution in [3.05, 3.63) is 0 Å². The summed E-state index contributed by atoms with van der Waals surface area (Å²) in [6.45, 7) is 6.27. The summed E-state index contributed by atoms with van der Waals surface area (Å²) in [5.41, 5.74) is 5.73. The van der Waals surface area contributed by atoms with Gasteiger partial charge in [0.25, 0.3) is 0 Å². The smallest absolute Gasteiger partial charge is 0.237 e. The standard InChI is InChI=1S/C10H22N2O2S/c1-4-8(3)9(11)10(13)12-6-7-15(14)5-2/h8-9H,4-7,11H2,1-3H3,(H,12,13). The fourth-order valence-corrected chi connectivity index (χ4v) is 1.68. The largest absolute Gasteiger partial charge is 0.354 e. The van der Waals surface area contributed by atoms with E-state index in [0.29, 0.717) is 18.1 Å². The van der Waals surface area contributed by atoms with Gasteiger partial charge in [-0.15, -0.1) is 0 Å². The van der Waals surface area contributed by atoms with E-state index >= 15 is 0 Å². The van der Waals surface area contributed by atoms with Crippen LogP contribution < -0.4 is 11.1 Å². The highest BCUT2D eigenvalue weighted by molar-refractivity contribution is 7.84. The van der Waals surface area contributed by atoms with Gasteiger partial charge in [-0.05, 0) is 5.92 Å². The molecule has 0 heterocycles. The molecule has 4 nitrogen and oxygen atoms in total. The van der Waals surface area contributed by atoms with E-state index < -0.39 is 16.8 Å². The maximum Gasteiger partial charge on any atom is 0.237 e. The first-order valence-corrected chi connectivity index (χ1v) is 6.89. The van der Waals surface area contributed by atoms with Crippen molar-refractivity contribution in [1.29, 1.82) is 0 Å². The number of rotatable bonds is 7. The molecule has 0 aromatic carbocycles. The number of nitrogens with two attached hydrogens (primary N) is 1. The minimum Gasteiger partial charge on any atom is -0.354 e. The molecule has 3 atom stereocenters. The van der Waals surface area contributed by atoms with Gasteiger partial charge in [-0.25, -0.2) is 0 Å². The van der Waals surface area contributed by atoms with Crippen molar-refractivity contribution in [3.63, 3.8) is 0 Å². The Morgan fingerprint density at radius 2 is 2.07 bits per heavy atom. The number of carbonyl (C=O) groups is 1. The molecule has 0 fully saturated rings. The van der Waals surface area contributed by atoms with Crippen LogP contribution in [-0.2, 0) is 15.6 Å². The molecule has 0 aliphatic carbocycles. The minimum absolute atomic E-state index is 0.141. The van der Waals surface area contributed by atoms with Gasteiger partial charge in [0, 0.05) is 28.9 Å². The van der Waals surface area contributed by atoms with E-state index in [1.165, 1.54) is 0 Å². The van der Waals surface area contributed by atoms with Crippen LogP contribution in [0.3, 0.4) is 0 Å². The number of hydrogen-bond acceptors (Lipinski definition) is 3. The van der Waals surface area contributed by atoms with E-state index in [9.17, 15) is 9.00 Å². The summed E-state index contributed by atoms with van der Waals surface area (Å²) in [5.74, 6) is 1.18. The van der Waals surface area contributed by atoms with E-state index in [4.69, 9.17) is 5.73 Å². The van der Waals surface area contributed by atoms with E-state index in [1.807, 2.05) is 20.8 Å². The molecule has 0 spiro atoms. The fraction of sp³-hybridized carbons (Fsp3) is 0.900. The Bertz CT molecular complexity index is 221. The fourth-order valence-electron chi connectivity index (χ4n) is 1.06. The second kappa shape index (κ2) is 7.82. The normalized spacial score (nSPS) is 16.8. The predicted molar refractivity (Wildman–Crippen MR) is 64.0 cm³/mol. The predicted octanol–water partition coefficient (Wildman–Crippen LogP) is 0.245. The molecule has 0 bridgehead atoms. The zero-order valence-electron chi connectivity index (χ0n) is 9.79. The third-order valence-corrected chi connectivity index (χ3v) is 3.81. The van der Waals surface area contributed by atoms with Crippen molar-refractivity contribution in [1.82, 2.24) is 5.32 Å². The molecule has 1 amide bonds. The summed E-state index contributed by atoms with van der Waals surface area (Å²) >= 11 is 0. The molecular formula is C10H22N2O2S. The summed E-state index contributed by atoms with van der Waals surface area (Å²) < 4.78 is 11.1. The lowest BCUT2D eigenvalue weighted by Crippen LogP contribution is -2.45. The number of nitrogens with one attached hydrogen (secondary N) is 1. The van der Waals surface area contributed by atoms with Crippen molar-refractivity contribution in [2.75, 3.05) is 18.1 Å². The number of carbonyl (C=O) groups excluding carboxylic acids is 1. The lowest BCUT2D eigenvalue weighted by molar-refractivity contribution is -0.123. The molecule has 0 aromatic heterocycles. The first kappa shape index (κ1) is 14.6. The molecule has 15 heavy (non-hydrogen) atoms. The van der Waals surface area contributed by atoms with Gasteiger partial charge < -0.3 is 11.1 Å². The van der Waals surface area contributed by atoms with Gasteiger partial charge in [0.05, 0.1) is 6.04 Å². The van der Waals surface area contributed by atoms with Crippen LogP contribution in [0.15, 0.2) is 0 Å². The summed E-state index contributed by atoms with van der Waals surface area (Å²) in [5, 5.41) is 2.71. The van der Waals surface area contributed by atoms with Crippen molar-refractivity contribution in [2.45, 2.75) is 33.2 Å². The zero-order chi connectivity index (χ0) is 11.8. The summed E-state index contributed by atoms with van der Waals surface area (Å²) in [7, 11) is -0.825. The van der Waals surface area contributed by atoms with E-state index in [1.54, 1.807) is 0 Å². The Hall–Kier alpha value is -0.420. The van der Waals surface area contributed by atoms with Crippen molar-refractivity contribution >= 4 is 16.7 Å². The summed E-state index contributed by atoms with van der Waals surface area (Å²) in [6.07, 6.45) is 0.884. The number of amides is 1. The maximum atomic E-state index is 11.5. The molecular weight excluding hydrogens is 212 g/mol. The monoisotopic (exact) mass is 234 g/mol. The molecule has 0 aliphatic heterocycles. The SMILES string of the molecule is CCC(C)C(N)C(=O)NCCS(=O)CC. The van der Waals surface area contributed by atoms with Gasteiger partial charge in [0.2, 0.25) is 5.91 Å². The Morgan fingerprint density at radius 1 is 1.47 bits per heavy atom. The van der Waals surface area contributed by atoms with Crippen LogP contribution in [0.1, 0.15) is 27.2 Å². The first-order valence-electron chi connectivity index (χ1n) is 5.41.